The minimum Gasteiger partial charge on any atom is -0.383 e. The molecule has 5 heteroatoms. The fourth-order valence-corrected chi connectivity index (χ4v) is 2.59. The van der Waals surface area contributed by atoms with Crippen LogP contribution >= 0.6 is 23.4 Å². The lowest BCUT2D eigenvalue weighted by atomic mass is 10.1. The summed E-state index contributed by atoms with van der Waals surface area (Å²) in [6, 6.07) is 2.05. The molecule has 1 aromatic rings. The average molecular weight is 274 g/mol. The normalized spacial score (nSPS) is 13.7. The number of hydrogen-bond donors (Lipinski definition) is 2. The number of nitrogen functional groups attached to an aromatic ring is 1. The molecule has 1 heterocycles. The molecule has 0 saturated carbocycles. The van der Waals surface area contributed by atoms with Crippen LogP contribution in [0.1, 0.15) is 32.4 Å². The highest BCUT2D eigenvalue weighted by atomic mass is 35.5. The van der Waals surface area contributed by atoms with E-state index in [1.807, 2.05) is 24.9 Å². The number of hydrogen-bond acceptors (Lipinski definition) is 4. The van der Waals surface area contributed by atoms with Crippen molar-refractivity contribution in [3.05, 3.63) is 22.8 Å². The van der Waals surface area contributed by atoms with Crippen LogP contribution in [0.3, 0.4) is 0 Å². The Hall–Kier alpha value is -0.450. The molecule has 0 saturated heterocycles. The molecule has 0 aliphatic heterocycles. The van der Waals surface area contributed by atoms with Gasteiger partial charge in [-0.3, -0.25) is 0 Å². The zero-order chi connectivity index (χ0) is 13.1. The molecule has 3 nitrogen and oxygen atoms in total. The van der Waals surface area contributed by atoms with Crippen molar-refractivity contribution in [3.8, 4) is 0 Å². The van der Waals surface area contributed by atoms with Crippen molar-refractivity contribution in [3.63, 3.8) is 0 Å². The van der Waals surface area contributed by atoms with E-state index in [1.165, 1.54) is 0 Å². The first-order valence-corrected chi connectivity index (χ1v) is 6.92. The number of thioether (sulfide) groups is 1. The third-order valence-electron chi connectivity index (χ3n) is 2.32. The largest absolute Gasteiger partial charge is 0.383 e. The second-order valence-corrected chi connectivity index (χ2v) is 7.18. The molecular weight excluding hydrogens is 254 g/mol. The van der Waals surface area contributed by atoms with Gasteiger partial charge in [0.15, 0.2) is 0 Å². The Morgan fingerprint density at radius 2 is 2.18 bits per heavy atom. The molecule has 96 valence electrons. The van der Waals surface area contributed by atoms with Gasteiger partial charge in [-0.15, -0.1) is 0 Å². The number of anilines is 1. The maximum absolute atomic E-state index is 5.96. The number of halogens is 1. The second-order valence-electron chi connectivity index (χ2n) is 4.89. The molecule has 0 spiro atoms. The monoisotopic (exact) mass is 273 g/mol. The van der Waals surface area contributed by atoms with Crippen LogP contribution in [0.2, 0.25) is 5.02 Å². The highest BCUT2D eigenvalue weighted by molar-refractivity contribution is 8.00. The van der Waals surface area contributed by atoms with Crippen molar-refractivity contribution in [2.24, 2.45) is 0 Å². The van der Waals surface area contributed by atoms with Crippen molar-refractivity contribution in [1.29, 1.82) is 0 Å². The lowest BCUT2D eigenvalue weighted by Gasteiger charge is -2.23. The van der Waals surface area contributed by atoms with E-state index < -0.39 is 0 Å². The van der Waals surface area contributed by atoms with Gasteiger partial charge in [-0.2, -0.15) is 11.8 Å². The highest BCUT2D eigenvalue weighted by Crippen LogP contribution is 2.30. The molecule has 1 aromatic heterocycles. The Balaban J connectivity index is 2.82. The number of aromatic nitrogens is 1. The van der Waals surface area contributed by atoms with Crippen LogP contribution in [0.5, 0.6) is 0 Å². The zero-order valence-electron chi connectivity index (χ0n) is 10.7. The fourth-order valence-electron chi connectivity index (χ4n) is 1.41. The Morgan fingerprint density at radius 3 is 2.71 bits per heavy atom. The maximum Gasteiger partial charge on any atom is 0.128 e. The molecule has 1 unspecified atom stereocenters. The van der Waals surface area contributed by atoms with Gasteiger partial charge in [0.1, 0.15) is 5.82 Å². The van der Waals surface area contributed by atoms with Gasteiger partial charge in [-0.1, -0.05) is 32.4 Å². The van der Waals surface area contributed by atoms with Crippen LogP contribution < -0.4 is 11.1 Å². The van der Waals surface area contributed by atoms with E-state index in [4.69, 9.17) is 17.3 Å². The minimum atomic E-state index is 0.172. The predicted molar refractivity (Wildman–Crippen MR) is 77.7 cm³/mol. The third kappa shape index (κ3) is 4.74. The summed E-state index contributed by atoms with van der Waals surface area (Å²) in [7, 11) is 1.92. The molecule has 3 N–H and O–H groups in total. The van der Waals surface area contributed by atoms with Gasteiger partial charge < -0.3 is 11.1 Å². The molecule has 1 atom stereocenters. The summed E-state index contributed by atoms with van der Waals surface area (Å²) < 4.78 is 0.232. The van der Waals surface area contributed by atoms with Gasteiger partial charge in [0.2, 0.25) is 0 Å². The Kier molecular flexibility index (Phi) is 5.10. The molecule has 0 aromatic carbocycles. The van der Waals surface area contributed by atoms with Crippen LogP contribution in [-0.4, -0.2) is 22.5 Å². The topological polar surface area (TPSA) is 50.9 Å². The molecule has 0 radical (unpaired) electrons. The summed E-state index contributed by atoms with van der Waals surface area (Å²) >= 11 is 7.84. The quantitative estimate of drug-likeness (QED) is 0.885. The van der Waals surface area contributed by atoms with E-state index in [-0.39, 0.29) is 10.8 Å². The van der Waals surface area contributed by atoms with Crippen LogP contribution in [0, 0.1) is 0 Å². The summed E-state index contributed by atoms with van der Waals surface area (Å²) in [5.41, 5.74) is 6.86. The number of rotatable bonds is 4. The molecule has 17 heavy (non-hydrogen) atoms. The fraction of sp³-hybridized carbons (Fsp3) is 0.583. The molecule has 0 amide bonds. The summed E-state index contributed by atoms with van der Waals surface area (Å²) in [6.45, 7) is 6.60. The van der Waals surface area contributed by atoms with Gasteiger partial charge >= 0.3 is 0 Å². The Labute approximate surface area is 113 Å². The average Bonchev–Trinajstić information content (AvgIpc) is 2.22. The van der Waals surface area contributed by atoms with Gasteiger partial charge in [0.25, 0.3) is 0 Å². The van der Waals surface area contributed by atoms with Crippen LogP contribution in [0.25, 0.3) is 0 Å². The molecular formula is C12H20ClN3S. The third-order valence-corrected chi connectivity index (χ3v) is 3.90. The Bertz CT molecular complexity index is 377. The van der Waals surface area contributed by atoms with Crippen molar-refractivity contribution in [1.82, 2.24) is 10.3 Å². The zero-order valence-corrected chi connectivity index (χ0v) is 12.3. The number of nitrogens with two attached hydrogens (primary N) is 1. The molecule has 0 aliphatic rings. The van der Waals surface area contributed by atoms with Crippen molar-refractivity contribution in [2.45, 2.75) is 31.6 Å². The molecule has 0 fully saturated rings. The molecule has 1 rings (SSSR count). The van der Waals surface area contributed by atoms with Crippen LogP contribution in [0.15, 0.2) is 12.3 Å². The van der Waals surface area contributed by atoms with E-state index >= 15 is 0 Å². The van der Waals surface area contributed by atoms with Gasteiger partial charge in [-0.05, 0) is 13.1 Å². The van der Waals surface area contributed by atoms with Crippen molar-refractivity contribution >= 4 is 29.2 Å². The lowest BCUT2D eigenvalue weighted by molar-refractivity contribution is 0.656. The van der Waals surface area contributed by atoms with E-state index in [2.05, 4.69) is 31.1 Å². The molecule has 0 bridgehead atoms. The smallest absolute Gasteiger partial charge is 0.128 e. The number of pyridine rings is 1. The first-order chi connectivity index (χ1) is 7.83. The van der Waals surface area contributed by atoms with E-state index in [0.29, 0.717) is 10.8 Å². The van der Waals surface area contributed by atoms with Crippen molar-refractivity contribution in [2.75, 3.05) is 18.5 Å². The van der Waals surface area contributed by atoms with Crippen molar-refractivity contribution < 1.29 is 0 Å². The lowest BCUT2D eigenvalue weighted by Crippen LogP contribution is -2.23. The van der Waals surface area contributed by atoms with Gasteiger partial charge in [0, 0.05) is 28.3 Å². The highest BCUT2D eigenvalue weighted by Gasteiger charge is 2.18. The summed E-state index contributed by atoms with van der Waals surface area (Å²) in [5, 5.41) is 3.88. The number of nitrogens with zero attached hydrogens (tertiary/aromatic N) is 1. The van der Waals surface area contributed by atoms with Gasteiger partial charge in [-0.25, -0.2) is 4.98 Å². The summed E-state index contributed by atoms with van der Waals surface area (Å²) in [4.78, 5) is 4.09. The molecule has 0 aliphatic carbocycles. The number of nitrogens with one attached hydrogen (secondary N) is 1. The van der Waals surface area contributed by atoms with E-state index in [9.17, 15) is 0 Å². The standard InChI is InChI=1S/C12H20ClN3S/c1-12(2,3)17-7-10(15-4)9-5-8(13)6-16-11(9)14/h5-6,10,15H,7H2,1-4H3,(H2,14,16). The summed E-state index contributed by atoms with van der Waals surface area (Å²) in [5.74, 6) is 1.48. The Morgan fingerprint density at radius 1 is 1.53 bits per heavy atom. The second kappa shape index (κ2) is 5.94. The summed E-state index contributed by atoms with van der Waals surface area (Å²) in [6.07, 6.45) is 1.57. The van der Waals surface area contributed by atoms with Crippen LogP contribution in [0.4, 0.5) is 5.82 Å². The maximum atomic E-state index is 5.96. The predicted octanol–water partition coefficient (Wildman–Crippen LogP) is 3.11. The SMILES string of the molecule is CNC(CSC(C)(C)C)c1cc(Cl)cnc1N. The van der Waals surface area contributed by atoms with Crippen LogP contribution in [-0.2, 0) is 0 Å². The first kappa shape index (κ1) is 14.6. The minimum absolute atomic E-state index is 0.172. The first-order valence-electron chi connectivity index (χ1n) is 5.55. The van der Waals surface area contributed by atoms with E-state index in [0.717, 1.165) is 11.3 Å². The van der Waals surface area contributed by atoms with E-state index in [1.54, 1.807) is 6.20 Å². The van der Waals surface area contributed by atoms with Gasteiger partial charge in [0.05, 0.1) is 5.02 Å².